The highest BCUT2D eigenvalue weighted by Crippen LogP contribution is 2.23. The van der Waals surface area contributed by atoms with Gasteiger partial charge in [0.2, 0.25) is 0 Å². The number of amides is 3. The summed E-state index contributed by atoms with van der Waals surface area (Å²) in [6.07, 6.45) is 1.40. The molecule has 2 heterocycles. The summed E-state index contributed by atoms with van der Waals surface area (Å²) in [5, 5.41) is 6.04. The Hall–Kier alpha value is -2.61. The van der Waals surface area contributed by atoms with Gasteiger partial charge in [-0.15, -0.1) is 11.3 Å². The van der Waals surface area contributed by atoms with Crippen molar-refractivity contribution in [3.63, 3.8) is 0 Å². The zero-order valence-electron chi connectivity index (χ0n) is 14.9. The van der Waals surface area contributed by atoms with E-state index in [1.807, 2.05) is 24.3 Å². The lowest BCUT2D eigenvalue weighted by atomic mass is 10.2. The number of urea groups is 1. The Bertz CT molecular complexity index is 763. The summed E-state index contributed by atoms with van der Waals surface area (Å²) in [6, 6.07) is 7.50. The molecule has 8 heteroatoms. The van der Waals surface area contributed by atoms with Crippen LogP contribution in [0, 0.1) is 0 Å². The van der Waals surface area contributed by atoms with E-state index >= 15 is 0 Å². The highest BCUT2D eigenvalue weighted by molar-refractivity contribution is 7.13. The molecule has 1 aliphatic rings. The van der Waals surface area contributed by atoms with Crippen molar-refractivity contribution in [2.45, 2.75) is 19.4 Å². The highest BCUT2D eigenvalue weighted by atomic mass is 32.1. The van der Waals surface area contributed by atoms with Gasteiger partial charge in [0, 0.05) is 44.4 Å². The number of ether oxygens (including phenoxy) is 1. The minimum atomic E-state index is -0.165. The average Bonchev–Trinajstić information content (AvgIpc) is 2.99. The number of aromatic nitrogens is 1. The molecule has 0 saturated heterocycles. The summed E-state index contributed by atoms with van der Waals surface area (Å²) < 4.78 is 5.13. The van der Waals surface area contributed by atoms with Gasteiger partial charge >= 0.3 is 6.03 Å². The van der Waals surface area contributed by atoms with Gasteiger partial charge in [-0.3, -0.25) is 4.79 Å². The lowest BCUT2D eigenvalue weighted by Gasteiger charge is -2.19. The van der Waals surface area contributed by atoms with Crippen molar-refractivity contribution >= 4 is 23.3 Å². The molecule has 1 aliphatic heterocycles. The second-order valence-corrected chi connectivity index (χ2v) is 7.05. The van der Waals surface area contributed by atoms with Gasteiger partial charge in [-0.2, -0.15) is 0 Å². The summed E-state index contributed by atoms with van der Waals surface area (Å²) in [5.41, 5.74) is 1.93. The first kappa shape index (κ1) is 18.2. The maximum absolute atomic E-state index is 12.4. The number of hydrogen-bond acceptors (Lipinski definition) is 5. The zero-order valence-corrected chi connectivity index (χ0v) is 15.7. The van der Waals surface area contributed by atoms with Crippen LogP contribution in [0.4, 0.5) is 4.79 Å². The number of nitrogens with one attached hydrogen (secondary N) is 2. The van der Waals surface area contributed by atoms with Crippen molar-refractivity contribution in [2.24, 2.45) is 0 Å². The Morgan fingerprint density at radius 2 is 1.96 bits per heavy atom. The molecule has 0 bridgehead atoms. The summed E-state index contributed by atoms with van der Waals surface area (Å²) in [4.78, 5) is 31.5. The van der Waals surface area contributed by atoms with Crippen LogP contribution in [0.15, 0.2) is 24.3 Å². The van der Waals surface area contributed by atoms with Crippen LogP contribution in [-0.4, -0.2) is 49.1 Å². The molecule has 0 atom stereocenters. The lowest BCUT2D eigenvalue weighted by molar-refractivity contribution is 0.0950. The molecule has 0 unspecified atom stereocenters. The molecular formula is C18H22N4O3S. The van der Waals surface area contributed by atoms with E-state index in [1.54, 1.807) is 19.1 Å². The third kappa shape index (κ3) is 4.13. The first-order chi connectivity index (χ1) is 12.6. The van der Waals surface area contributed by atoms with Gasteiger partial charge in [-0.25, -0.2) is 9.78 Å². The Labute approximate surface area is 156 Å². The molecule has 138 valence electrons. The molecule has 1 aromatic heterocycles. The van der Waals surface area contributed by atoms with Gasteiger partial charge in [0.25, 0.3) is 5.91 Å². The molecule has 3 rings (SSSR count). The van der Waals surface area contributed by atoms with Gasteiger partial charge in [-0.05, 0) is 17.7 Å². The Balaban J connectivity index is 1.59. The van der Waals surface area contributed by atoms with Crippen LogP contribution < -0.4 is 15.4 Å². The molecule has 26 heavy (non-hydrogen) atoms. The van der Waals surface area contributed by atoms with E-state index in [4.69, 9.17) is 4.74 Å². The van der Waals surface area contributed by atoms with E-state index in [1.165, 1.54) is 11.3 Å². The minimum Gasteiger partial charge on any atom is -0.497 e. The minimum absolute atomic E-state index is 0.0717. The molecule has 0 radical (unpaired) electrons. The van der Waals surface area contributed by atoms with Gasteiger partial charge in [0.15, 0.2) is 5.01 Å². The number of rotatable bonds is 4. The average molecular weight is 374 g/mol. The van der Waals surface area contributed by atoms with Crippen LogP contribution in [0.25, 0.3) is 0 Å². The van der Waals surface area contributed by atoms with Crippen molar-refractivity contribution < 1.29 is 14.3 Å². The Morgan fingerprint density at radius 3 is 2.65 bits per heavy atom. The topological polar surface area (TPSA) is 83.6 Å². The third-order valence-electron chi connectivity index (χ3n) is 4.31. The first-order valence-corrected chi connectivity index (χ1v) is 9.28. The lowest BCUT2D eigenvalue weighted by Crippen LogP contribution is -2.39. The number of carbonyl (C=O) groups is 2. The molecule has 3 amide bonds. The molecule has 0 aliphatic carbocycles. The van der Waals surface area contributed by atoms with Crippen molar-refractivity contribution in [1.29, 1.82) is 0 Å². The standard InChI is InChI=1S/C18H22N4O3S/c1-19-18(24)22-9-7-14-15(8-10-22)26-17(21-14)16(23)20-11-12-3-5-13(25-2)6-4-12/h3-6H,7-11H2,1-2H3,(H,19,24)(H,20,23). The number of hydrogen-bond donors (Lipinski definition) is 2. The smallest absolute Gasteiger partial charge is 0.317 e. The van der Waals surface area contributed by atoms with Gasteiger partial charge in [0.1, 0.15) is 5.75 Å². The van der Waals surface area contributed by atoms with E-state index in [-0.39, 0.29) is 11.9 Å². The SMILES string of the molecule is CNC(=O)N1CCc2nc(C(=O)NCc3ccc(OC)cc3)sc2CC1. The van der Waals surface area contributed by atoms with Crippen molar-refractivity contribution in [3.05, 3.63) is 45.4 Å². The molecule has 7 nitrogen and oxygen atoms in total. The first-order valence-electron chi connectivity index (χ1n) is 8.47. The quantitative estimate of drug-likeness (QED) is 0.855. The van der Waals surface area contributed by atoms with Crippen LogP contribution in [0.1, 0.15) is 25.9 Å². The Morgan fingerprint density at radius 1 is 1.23 bits per heavy atom. The van der Waals surface area contributed by atoms with Crippen molar-refractivity contribution in [1.82, 2.24) is 20.5 Å². The van der Waals surface area contributed by atoms with Crippen LogP contribution in [0.5, 0.6) is 5.75 Å². The number of thiazole rings is 1. The van der Waals surface area contributed by atoms with Crippen LogP contribution in [-0.2, 0) is 19.4 Å². The fourth-order valence-electron chi connectivity index (χ4n) is 2.82. The van der Waals surface area contributed by atoms with E-state index < -0.39 is 0 Å². The summed E-state index contributed by atoms with van der Waals surface area (Å²) in [6.45, 7) is 1.70. The summed E-state index contributed by atoms with van der Waals surface area (Å²) in [5.74, 6) is 0.622. The molecule has 2 N–H and O–H groups in total. The second-order valence-electron chi connectivity index (χ2n) is 5.96. The van der Waals surface area contributed by atoms with Gasteiger partial charge < -0.3 is 20.3 Å². The van der Waals surface area contributed by atoms with E-state index in [0.29, 0.717) is 31.1 Å². The van der Waals surface area contributed by atoms with Crippen LogP contribution >= 0.6 is 11.3 Å². The van der Waals surface area contributed by atoms with Crippen LogP contribution in [0.2, 0.25) is 0 Å². The van der Waals surface area contributed by atoms with E-state index in [2.05, 4.69) is 15.6 Å². The molecule has 0 spiro atoms. The van der Waals surface area contributed by atoms with Crippen molar-refractivity contribution in [2.75, 3.05) is 27.2 Å². The predicted octanol–water partition coefficient (Wildman–Crippen LogP) is 1.82. The van der Waals surface area contributed by atoms with Gasteiger partial charge in [-0.1, -0.05) is 12.1 Å². The number of carbonyl (C=O) groups excluding carboxylic acids is 2. The zero-order chi connectivity index (χ0) is 18.5. The normalized spacial score (nSPS) is 13.5. The fourth-order valence-corrected chi connectivity index (χ4v) is 3.84. The number of methoxy groups -OCH3 is 1. The highest BCUT2D eigenvalue weighted by Gasteiger charge is 2.22. The van der Waals surface area contributed by atoms with Crippen LogP contribution in [0.3, 0.4) is 0 Å². The second kappa shape index (κ2) is 8.18. The largest absolute Gasteiger partial charge is 0.497 e. The van der Waals surface area contributed by atoms with E-state index in [9.17, 15) is 9.59 Å². The van der Waals surface area contributed by atoms with Crippen molar-refractivity contribution in [3.8, 4) is 5.75 Å². The third-order valence-corrected chi connectivity index (χ3v) is 5.47. The van der Waals surface area contributed by atoms with Gasteiger partial charge in [0.05, 0.1) is 12.8 Å². The summed E-state index contributed by atoms with van der Waals surface area (Å²) in [7, 11) is 3.25. The number of fused-ring (bicyclic) bond motifs is 1. The number of benzene rings is 1. The monoisotopic (exact) mass is 374 g/mol. The molecule has 0 fully saturated rings. The molecule has 0 saturated carbocycles. The summed E-state index contributed by atoms with van der Waals surface area (Å²) >= 11 is 1.42. The molecule has 1 aromatic carbocycles. The number of nitrogens with zero attached hydrogens (tertiary/aromatic N) is 2. The van der Waals surface area contributed by atoms with E-state index in [0.717, 1.165) is 28.3 Å². The maximum Gasteiger partial charge on any atom is 0.317 e. The fraction of sp³-hybridized carbons (Fsp3) is 0.389. The molecule has 2 aromatic rings. The Kier molecular flexibility index (Phi) is 5.72. The molecular weight excluding hydrogens is 352 g/mol. The maximum atomic E-state index is 12.4. The predicted molar refractivity (Wildman–Crippen MR) is 99.7 cm³/mol.